The molecule has 1 N–H and O–H groups in total. The van der Waals surface area contributed by atoms with Crippen molar-refractivity contribution < 1.29 is 24.2 Å². The number of nitrogens with zero attached hydrogens (tertiary/aromatic N) is 1. The van der Waals surface area contributed by atoms with Gasteiger partial charge in [-0.3, -0.25) is 14.5 Å². The first-order valence-electron chi connectivity index (χ1n) is 7.15. The number of carboxylic acids is 1. The largest absolute Gasteiger partial charge is 0.493 e. The minimum absolute atomic E-state index is 0.00574. The number of aliphatic carboxylic acids is 1. The molecule has 0 unspecified atom stereocenters. The zero-order valence-corrected chi connectivity index (χ0v) is 14.9. The summed E-state index contributed by atoms with van der Waals surface area (Å²) in [6.45, 7) is 0.306. The van der Waals surface area contributed by atoms with Crippen LogP contribution < -0.4 is 9.47 Å². The standard InChI is InChI=1S/C16H17NO5S2/c1-21-11-6-5-10(8-12(11)22-2)9-13-15(20)17(16(23)24-13)7-3-4-14(18)19/h5-6,8-9H,3-4,7H2,1-2H3,(H,18,19)/b13-9-. The van der Waals surface area contributed by atoms with Crippen molar-refractivity contribution in [3.8, 4) is 11.5 Å². The molecule has 0 radical (unpaired) electrons. The maximum atomic E-state index is 12.4. The first-order chi connectivity index (χ1) is 11.5. The zero-order chi connectivity index (χ0) is 17.7. The number of rotatable bonds is 7. The Morgan fingerprint density at radius 3 is 2.67 bits per heavy atom. The normalized spacial score (nSPS) is 15.9. The highest BCUT2D eigenvalue weighted by Crippen LogP contribution is 2.34. The second-order valence-corrected chi connectivity index (χ2v) is 6.62. The lowest BCUT2D eigenvalue weighted by atomic mass is 10.2. The summed E-state index contributed by atoms with van der Waals surface area (Å²) in [6.07, 6.45) is 2.11. The van der Waals surface area contributed by atoms with Crippen molar-refractivity contribution in [1.29, 1.82) is 0 Å². The van der Waals surface area contributed by atoms with Crippen molar-refractivity contribution in [2.45, 2.75) is 12.8 Å². The quantitative estimate of drug-likeness (QED) is 0.586. The van der Waals surface area contributed by atoms with E-state index in [0.29, 0.717) is 33.7 Å². The van der Waals surface area contributed by atoms with Gasteiger partial charge in [0.15, 0.2) is 11.5 Å². The molecule has 0 aromatic heterocycles. The zero-order valence-electron chi connectivity index (χ0n) is 13.3. The Labute approximate surface area is 149 Å². The van der Waals surface area contributed by atoms with Crippen molar-refractivity contribution in [2.75, 3.05) is 20.8 Å². The molecular weight excluding hydrogens is 350 g/mol. The summed E-state index contributed by atoms with van der Waals surface area (Å²) in [6, 6.07) is 5.35. The number of hydrogen-bond donors (Lipinski definition) is 1. The summed E-state index contributed by atoms with van der Waals surface area (Å²) < 4.78 is 10.9. The number of carbonyl (C=O) groups excluding carboxylic acids is 1. The van der Waals surface area contributed by atoms with Crippen molar-refractivity contribution in [1.82, 2.24) is 4.90 Å². The minimum Gasteiger partial charge on any atom is -0.493 e. The van der Waals surface area contributed by atoms with Crippen LogP contribution in [-0.2, 0) is 9.59 Å². The number of carbonyl (C=O) groups is 2. The second-order valence-electron chi connectivity index (χ2n) is 4.95. The Balaban J connectivity index is 2.14. The predicted octanol–water partition coefficient (Wildman–Crippen LogP) is 2.77. The fourth-order valence-corrected chi connectivity index (χ4v) is 3.48. The van der Waals surface area contributed by atoms with E-state index in [0.717, 1.165) is 5.56 Å². The molecule has 1 aliphatic heterocycles. The van der Waals surface area contributed by atoms with E-state index in [2.05, 4.69) is 0 Å². The van der Waals surface area contributed by atoms with E-state index < -0.39 is 5.97 Å². The SMILES string of the molecule is COc1ccc(/C=C2\SC(=S)N(CCCC(=O)O)C2=O)cc1OC. The molecule has 1 amide bonds. The van der Waals surface area contributed by atoms with Crippen LogP contribution in [0.1, 0.15) is 18.4 Å². The summed E-state index contributed by atoms with van der Waals surface area (Å²) in [5.41, 5.74) is 0.790. The fourth-order valence-electron chi connectivity index (χ4n) is 2.18. The number of benzene rings is 1. The second kappa shape index (κ2) is 8.16. The Bertz CT molecular complexity index is 702. The Hall–Kier alpha value is -2.06. The third-order valence-electron chi connectivity index (χ3n) is 3.35. The van der Waals surface area contributed by atoms with Crippen molar-refractivity contribution >= 4 is 46.3 Å². The number of ether oxygens (including phenoxy) is 2. The van der Waals surface area contributed by atoms with Crippen LogP contribution in [0.2, 0.25) is 0 Å². The summed E-state index contributed by atoms with van der Waals surface area (Å²) in [5.74, 6) is 0.0885. The highest BCUT2D eigenvalue weighted by Gasteiger charge is 2.31. The van der Waals surface area contributed by atoms with Crippen LogP contribution in [0.3, 0.4) is 0 Å². The van der Waals surface area contributed by atoms with Crippen molar-refractivity contribution in [3.05, 3.63) is 28.7 Å². The summed E-state index contributed by atoms with van der Waals surface area (Å²) >= 11 is 6.42. The average molecular weight is 367 g/mol. The third kappa shape index (κ3) is 4.27. The predicted molar refractivity (Wildman–Crippen MR) is 96.3 cm³/mol. The molecule has 1 aliphatic rings. The van der Waals surface area contributed by atoms with Crippen LogP contribution in [0, 0.1) is 0 Å². The molecule has 1 aromatic rings. The summed E-state index contributed by atoms with van der Waals surface area (Å²) in [7, 11) is 3.10. The molecule has 0 saturated carbocycles. The molecule has 1 saturated heterocycles. The summed E-state index contributed by atoms with van der Waals surface area (Å²) in [5, 5.41) is 8.68. The van der Waals surface area contributed by atoms with Gasteiger partial charge in [0.25, 0.3) is 5.91 Å². The molecule has 1 fully saturated rings. The lowest BCUT2D eigenvalue weighted by molar-refractivity contribution is -0.137. The van der Waals surface area contributed by atoms with Gasteiger partial charge in [0.1, 0.15) is 4.32 Å². The molecule has 1 heterocycles. The molecule has 0 bridgehead atoms. The molecule has 1 aromatic carbocycles. The van der Waals surface area contributed by atoms with Crippen LogP contribution in [0.25, 0.3) is 6.08 Å². The van der Waals surface area contributed by atoms with Gasteiger partial charge >= 0.3 is 5.97 Å². The highest BCUT2D eigenvalue weighted by atomic mass is 32.2. The molecule has 128 valence electrons. The van der Waals surface area contributed by atoms with Gasteiger partial charge in [0, 0.05) is 13.0 Å². The van der Waals surface area contributed by atoms with Crippen LogP contribution in [-0.4, -0.2) is 47.0 Å². The minimum atomic E-state index is -0.888. The van der Waals surface area contributed by atoms with Gasteiger partial charge < -0.3 is 14.6 Å². The van der Waals surface area contributed by atoms with Crippen LogP contribution >= 0.6 is 24.0 Å². The number of hydrogen-bond acceptors (Lipinski definition) is 6. The number of thioether (sulfide) groups is 1. The third-order valence-corrected chi connectivity index (χ3v) is 4.73. The topological polar surface area (TPSA) is 76.1 Å². The molecule has 0 atom stereocenters. The van der Waals surface area contributed by atoms with Gasteiger partial charge in [0.2, 0.25) is 0 Å². The van der Waals surface area contributed by atoms with Crippen LogP contribution in [0.15, 0.2) is 23.1 Å². The van der Waals surface area contributed by atoms with Gasteiger partial charge in [-0.05, 0) is 30.2 Å². The highest BCUT2D eigenvalue weighted by molar-refractivity contribution is 8.26. The first kappa shape index (κ1) is 18.3. The molecule has 2 rings (SSSR count). The molecule has 8 heteroatoms. The number of thiocarbonyl (C=S) groups is 1. The molecular formula is C16H17NO5S2. The molecule has 6 nitrogen and oxygen atoms in total. The lowest BCUT2D eigenvalue weighted by Crippen LogP contribution is -2.29. The molecule has 0 spiro atoms. The summed E-state index contributed by atoms with van der Waals surface area (Å²) in [4.78, 5) is 24.9. The van der Waals surface area contributed by atoms with Gasteiger partial charge in [-0.25, -0.2) is 0 Å². The maximum Gasteiger partial charge on any atom is 0.303 e. The van der Waals surface area contributed by atoms with Crippen molar-refractivity contribution in [2.24, 2.45) is 0 Å². The fraction of sp³-hybridized carbons (Fsp3) is 0.312. The van der Waals surface area contributed by atoms with E-state index in [1.54, 1.807) is 32.4 Å². The smallest absolute Gasteiger partial charge is 0.303 e. The Kier molecular flexibility index (Phi) is 6.22. The van der Waals surface area contributed by atoms with E-state index in [9.17, 15) is 9.59 Å². The van der Waals surface area contributed by atoms with Crippen LogP contribution in [0.5, 0.6) is 11.5 Å². The lowest BCUT2D eigenvalue weighted by Gasteiger charge is -2.13. The Morgan fingerprint density at radius 1 is 1.33 bits per heavy atom. The Morgan fingerprint density at radius 2 is 2.04 bits per heavy atom. The van der Waals surface area contributed by atoms with E-state index in [1.165, 1.54) is 16.7 Å². The van der Waals surface area contributed by atoms with Gasteiger partial charge in [-0.2, -0.15) is 0 Å². The monoisotopic (exact) mass is 367 g/mol. The number of amides is 1. The van der Waals surface area contributed by atoms with E-state index in [-0.39, 0.29) is 12.3 Å². The average Bonchev–Trinajstić information content (AvgIpc) is 2.81. The van der Waals surface area contributed by atoms with Gasteiger partial charge in [0.05, 0.1) is 19.1 Å². The molecule has 24 heavy (non-hydrogen) atoms. The van der Waals surface area contributed by atoms with Gasteiger partial charge in [-0.15, -0.1) is 0 Å². The first-order valence-corrected chi connectivity index (χ1v) is 8.38. The maximum absolute atomic E-state index is 12.4. The van der Waals surface area contributed by atoms with Gasteiger partial charge in [-0.1, -0.05) is 30.0 Å². The molecule has 0 aliphatic carbocycles. The number of carboxylic acid groups (broad SMARTS) is 1. The van der Waals surface area contributed by atoms with E-state index in [4.69, 9.17) is 26.8 Å². The van der Waals surface area contributed by atoms with Crippen molar-refractivity contribution in [3.63, 3.8) is 0 Å². The van der Waals surface area contributed by atoms with E-state index in [1.807, 2.05) is 6.07 Å². The number of methoxy groups -OCH3 is 2. The van der Waals surface area contributed by atoms with E-state index >= 15 is 0 Å². The van der Waals surface area contributed by atoms with Crippen LogP contribution in [0.4, 0.5) is 0 Å².